The van der Waals surface area contributed by atoms with E-state index in [4.69, 9.17) is 5.11 Å². The molecule has 1 aromatic rings. The second kappa shape index (κ2) is 6.34. The van der Waals surface area contributed by atoms with E-state index in [1.54, 1.807) is 23.9 Å². The minimum atomic E-state index is -0.363. The number of hydrogen-bond acceptors (Lipinski definition) is 5. The normalized spacial score (nSPS) is 27.8. The third kappa shape index (κ3) is 3.22. The van der Waals surface area contributed by atoms with Crippen molar-refractivity contribution in [2.24, 2.45) is 5.92 Å². The van der Waals surface area contributed by atoms with Gasteiger partial charge in [-0.15, -0.1) is 11.8 Å². The lowest BCUT2D eigenvalue weighted by Crippen LogP contribution is -2.30. The third-order valence-electron chi connectivity index (χ3n) is 4.54. The first-order valence-corrected chi connectivity index (χ1v) is 8.43. The maximum absolute atomic E-state index is 11.1. The lowest BCUT2D eigenvalue weighted by Gasteiger charge is -2.12. The molecule has 3 atom stereocenters. The molecule has 2 fully saturated rings. The van der Waals surface area contributed by atoms with E-state index in [1.807, 2.05) is 0 Å². The molecule has 1 aromatic carbocycles. The molecule has 3 rings (SSSR count). The summed E-state index contributed by atoms with van der Waals surface area (Å²) >= 11 is 1.54. The number of nitro groups is 1. The molecule has 0 aromatic heterocycles. The highest BCUT2D eigenvalue weighted by atomic mass is 32.2. The first kappa shape index (κ1) is 14.8. The first-order valence-electron chi connectivity index (χ1n) is 7.44. The van der Waals surface area contributed by atoms with E-state index >= 15 is 0 Å². The molecule has 2 N–H and O–H groups in total. The van der Waals surface area contributed by atoms with Gasteiger partial charge in [-0.3, -0.25) is 10.1 Å². The highest BCUT2D eigenvalue weighted by Gasteiger charge is 2.36. The Kier molecular flexibility index (Phi) is 4.47. The van der Waals surface area contributed by atoms with Crippen molar-refractivity contribution in [3.63, 3.8) is 0 Å². The second-order valence-corrected chi connectivity index (χ2v) is 6.99. The number of nitrogens with zero attached hydrogens (tertiary/aromatic N) is 1. The summed E-state index contributed by atoms with van der Waals surface area (Å²) in [5, 5.41) is 23.9. The molecule has 0 unspecified atom stereocenters. The Balaban J connectivity index is 1.64. The molecule has 2 aliphatic rings. The third-order valence-corrected chi connectivity index (χ3v) is 5.76. The van der Waals surface area contributed by atoms with Gasteiger partial charge >= 0.3 is 0 Å². The van der Waals surface area contributed by atoms with Gasteiger partial charge in [-0.2, -0.15) is 0 Å². The van der Waals surface area contributed by atoms with Crippen LogP contribution in [0.1, 0.15) is 31.2 Å². The number of nitro benzene ring substituents is 1. The second-order valence-electron chi connectivity index (χ2n) is 5.93. The Morgan fingerprint density at radius 1 is 1.43 bits per heavy atom. The molecule has 1 aliphatic heterocycles. The van der Waals surface area contributed by atoms with Crippen LogP contribution in [0.3, 0.4) is 0 Å². The van der Waals surface area contributed by atoms with Crippen molar-refractivity contribution >= 4 is 17.4 Å². The van der Waals surface area contributed by atoms with Crippen LogP contribution in [0.5, 0.6) is 0 Å². The minimum Gasteiger partial charge on any atom is -0.392 e. The van der Waals surface area contributed by atoms with Crippen LogP contribution >= 0.6 is 11.8 Å². The highest BCUT2D eigenvalue weighted by molar-refractivity contribution is 7.99. The molecular formula is C15H20N2O3S. The molecule has 0 amide bonds. The molecular weight excluding hydrogens is 288 g/mol. The number of nitrogens with one attached hydrogen (secondary N) is 1. The van der Waals surface area contributed by atoms with Gasteiger partial charge in [0.05, 0.1) is 16.4 Å². The van der Waals surface area contributed by atoms with Gasteiger partial charge in [0, 0.05) is 23.9 Å². The van der Waals surface area contributed by atoms with Crippen LogP contribution in [0.15, 0.2) is 23.1 Å². The molecule has 1 saturated carbocycles. The Labute approximate surface area is 128 Å². The summed E-state index contributed by atoms with van der Waals surface area (Å²) in [6, 6.07) is 6.11. The van der Waals surface area contributed by atoms with E-state index in [0.717, 1.165) is 11.7 Å². The monoisotopic (exact) mass is 308 g/mol. The van der Waals surface area contributed by atoms with Crippen molar-refractivity contribution in [1.29, 1.82) is 0 Å². The Morgan fingerprint density at radius 3 is 3.00 bits per heavy atom. The van der Waals surface area contributed by atoms with Gasteiger partial charge in [0.2, 0.25) is 0 Å². The molecule has 0 bridgehead atoms. The molecule has 6 heteroatoms. The fourth-order valence-corrected chi connectivity index (χ4v) is 4.57. The van der Waals surface area contributed by atoms with Crippen LogP contribution in [0.25, 0.3) is 0 Å². The predicted molar refractivity (Wildman–Crippen MR) is 82.4 cm³/mol. The first-order chi connectivity index (χ1) is 10.2. The van der Waals surface area contributed by atoms with Gasteiger partial charge in [-0.05, 0) is 36.8 Å². The fraction of sp³-hybridized carbons (Fsp3) is 0.600. The van der Waals surface area contributed by atoms with Gasteiger partial charge in [-0.1, -0.05) is 12.5 Å². The van der Waals surface area contributed by atoms with Crippen LogP contribution < -0.4 is 5.32 Å². The van der Waals surface area contributed by atoms with Crippen molar-refractivity contribution in [1.82, 2.24) is 5.32 Å². The maximum atomic E-state index is 11.1. The zero-order chi connectivity index (χ0) is 14.8. The van der Waals surface area contributed by atoms with Crippen molar-refractivity contribution in [3.05, 3.63) is 33.9 Å². The van der Waals surface area contributed by atoms with Gasteiger partial charge in [0.25, 0.3) is 5.69 Å². The largest absolute Gasteiger partial charge is 0.392 e. The summed E-state index contributed by atoms with van der Waals surface area (Å²) in [7, 11) is 0. The molecule has 1 heterocycles. The maximum Gasteiger partial charge on any atom is 0.283 e. The zero-order valence-corrected chi connectivity index (χ0v) is 12.6. The molecule has 0 radical (unpaired) electrons. The van der Waals surface area contributed by atoms with E-state index in [1.165, 1.54) is 31.7 Å². The van der Waals surface area contributed by atoms with Crippen LogP contribution in [0, 0.1) is 16.0 Å². The zero-order valence-electron chi connectivity index (χ0n) is 11.8. The molecule has 114 valence electrons. The Morgan fingerprint density at radius 2 is 2.29 bits per heavy atom. The lowest BCUT2D eigenvalue weighted by molar-refractivity contribution is -0.387. The summed E-state index contributed by atoms with van der Waals surface area (Å²) in [5.41, 5.74) is 0.685. The number of aliphatic hydroxyl groups is 1. The van der Waals surface area contributed by atoms with Gasteiger partial charge in [0.15, 0.2) is 0 Å². The quantitative estimate of drug-likeness (QED) is 0.497. The SMILES string of the molecule is O=[N+]([O-])c1cc(CO)ccc1SC[C@@H]1C[C@@H]2CCC[C@@H]2N1. The van der Waals surface area contributed by atoms with E-state index in [0.29, 0.717) is 22.5 Å². The number of fused-ring (bicyclic) bond motifs is 1. The van der Waals surface area contributed by atoms with Crippen molar-refractivity contribution < 1.29 is 10.0 Å². The standard InChI is InChI=1S/C15H20N2O3S/c18-8-10-4-5-15(14(6-10)17(19)20)21-9-12-7-11-2-1-3-13(11)16-12/h4-6,11-13,16,18H,1-3,7-9H2/t11-,12-,13-/m0/s1. The summed E-state index contributed by atoms with van der Waals surface area (Å²) in [4.78, 5) is 11.5. The molecule has 5 nitrogen and oxygen atoms in total. The number of aliphatic hydroxyl groups excluding tert-OH is 1. The number of rotatable bonds is 5. The van der Waals surface area contributed by atoms with E-state index in [-0.39, 0.29) is 17.2 Å². The number of hydrogen-bond donors (Lipinski definition) is 2. The summed E-state index contributed by atoms with van der Waals surface area (Å²) in [6.07, 6.45) is 5.12. The van der Waals surface area contributed by atoms with Gasteiger partial charge < -0.3 is 10.4 Å². The predicted octanol–water partition coefficient (Wildman–Crippen LogP) is 2.71. The average Bonchev–Trinajstić information content (AvgIpc) is 3.05. The fourth-order valence-electron chi connectivity index (χ4n) is 3.51. The van der Waals surface area contributed by atoms with Gasteiger partial charge in [0.1, 0.15) is 0 Å². The highest BCUT2D eigenvalue weighted by Crippen LogP contribution is 2.37. The number of thioether (sulfide) groups is 1. The summed E-state index contributed by atoms with van der Waals surface area (Å²) < 4.78 is 0. The van der Waals surface area contributed by atoms with Crippen LogP contribution in [-0.4, -0.2) is 27.9 Å². The Bertz CT molecular complexity index is 526. The van der Waals surface area contributed by atoms with Crippen molar-refractivity contribution in [2.75, 3.05) is 5.75 Å². The van der Waals surface area contributed by atoms with E-state index < -0.39 is 0 Å². The van der Waals surface area contributed by atoms with Crippen LogP contribution in [0.4, 0.5) is 5.69 Å². The average molecular weight is 308 g/mol. The molecule has 0 spiro atoms. The topological polar surface area (TPSA) is 75.4 Å². The summed E-state index contributed by atoms with van der Waals surface area (Å²) in [5.74, 6) is 1.68. The van der Waals surface area contributed by atoms with Crippen LogP contribution in [0.2, 0.25) is 0 Å². The van der Waals surface area contributed by atoms with Crippen LogP contribution in [-0.2, 0) is 6.61 Å². The Hall–Kier alpha value is -1.11. The minimum absolute atomic E-state index is 0.102. The summed E-state index contributed by atoms with van der Waals surface area (Å²) in [6.45, 7) is -0.167. The lowest BCUT2D eigenvalue weighted by atomic mass is 10.0. The molecule has 1 saturated heterocycles. The van der Waals surface area contributed by atoms with Gasteiger partial charge in [-0.25, -0.2) is 0 Å². The van der Waals surface area contributed by atoms with E-state index in [9.17, 15) is 10.1 Å². The molecule has 1 aliphatic carbocycles. The molecule has 21 heavy (non-hydrogen) atoms. The smallest absolute Gasteiger partial charge is 0.283 e. The van der Waals surface area contributed by atoms with Crippen molar-refractivity contribution in [2.45, 2.75) is 49.3 Å². The van der Waals surface area contributed by atoms with E-state index in [2.05, 4.69) is 5.32 Å². The van der Waals surface area contributed by atoms with Crippen molar-refractivity contribution in [3.8, 4) is 0 Å². The number of benzene rings is 1.